The Morgan fingerprint density at radius 3 is 2.68 bits per heavy atom. The maximum Gasteiger partial charge on any atom is 0.224 e. The first kappa shape index (κ1) is 19.4. The molecule has 0 spiro atoms. The van der Waals surface area contributed by atoms with Gasteiger partial charge in [0.15, 0.2) is 0 Å². The molecule has 158 valence electrons. The molecule has 8 heteroatoms. The molecule has 31 heavy (non-hydrogen) atoms. The molecule has 1 saturated heterocycles. The van der Waals surface area contributed by atoms with Crippen LogP contribution in [0.3, 0.4) is 0 Å². The molecule has 0 amide bonds. The molecule has 2 aromatic heterocycles. The predicted molar refractivity (Wildman–Crippen MR) is 113 cm³/mol. The summed E-state index contributed by atoms with van der Waals surface area (Å²) in [6, 6.07) is 10.4. The van der Waals surface area contributed by atoms with E-state index in [1.807, 2.05) is 53.6 Å². The van der Waals surface area contributed by atoms with Crippen LogP contribution in [0.2, 0.25) is 0 Å². The number of ether oxygens (including phenoxy) is 2. The number of hydrogen-bond donors (Lipinski definition) is 1. The molecule has 0 saturated carbocycles. The van der Waals surface area contributed by atoms with Gasteiger partial charge >= 0.3 is 0 Å². The normalized spacial score (nSPS) is 20.6. The summed E-state index contributed by atoms with van der Waals surface area (Å²) in [5, 5.41) is 14.8. The average molecular weight is 416 g/mol. The Bertz CT molecular complexity index is 1160. The minimum absolute atomic E-state index is 0.0737. The van der Waals surface area contributed by atoms with Gasteiger partial charge in [0.25, 0.3) is 0 Å². The summed E-state index contributed by atoms with van der Waals surface area (Å²) in [6.07, 6.45) is 7.16. The molecular weight excluding hydrogens is 392 g/mol. The molecule has 2 aliphatic heterocycles. The topological polar surface area (TPSA) is 104 Å². The molecule has 4 heterocycles. The lowest BCUT2D eigenvalue weighted by Crippen LogP contribution is -2.23. The first-order valence-corrected chi connectivity index (χ1v) is 10.5. The Hall–Kier alpha value is -3.57. The second-order valence-corrected chi connectivity index (χ2v) is 8.13. The summed E-state index contributed by atoms with van der Waals surface area (Å²) in [6.45, 7) is 4.80. The number of nitrogens with zero attached hydrogens (tertiary/aromatic N) is 5. The van der Waals surface area contributed by atoms with Crippen LogP contribution in [0.15, 0.2) is 54.4 Å². The summed E-state index contributed by atoms with van der Waals surface area (Å²) in [4.78, 5) is 4.11. The van der Waals surface area contributed by atoms with Crippen LogP contribution in [-0.4, -0.2) is 25.9 Å². The zero-order chi connectivity index (χ0) is 21.5. The van der Waals surface area contributed by atoms with Crippen LogP contribution in [0.25, 0.3) is 5.69 Å². The van der Waals surface area contributed by atoms with Crippen LogP contribution in [-0.2, 0) is 4.74 Å². The van der Waals surface area contributed by atoms with Crippen molar-refractivity contribution in [1.82, 2.24) is 19.3 Å². The third-order valence-corrected chi connectivity index (χ3v) is 5.85. The number of nitriles is 1. The van der Waals surface area contributed by atoms with Crippen LogP contribution in [0.5, 0.6) is 5.88 Å². The van der Waals surface area contributed by atoms with Gasteiger partial charge in [0.2, 0.25) is 11.8 Å². The third kappa shape index (κ3) is 3.18. The van der Waals surface area contributed by atoms with Gasteiger partial charge in [-0.05, 0) is 44.4 Å². The zero-order valence-electron chi connectivity index (χ0n) is 17.5. The van der Waals surface area contributed by atoms with E-state index in [-0.39, 0.29) is 23.9 Å². The lowest BCUT2D eigenvalue weighted by molar-refractivity contribution is 0.107. The van der Waals surface area contributed by atoms with Crippen LogP contribution >= 0.6 is 0 Å². The molecule has 1 aromatic carbocycles. The highest BCUT2D eigenvalue weighted by Gasteiger charge is 2.40. The van der Waals surface area contributed by atoms with Gasteiger partial charge in [-0.25, -0.2) is 9.67 Å². The number of rotatable bonds is 4. The molecule has 5 rings (SSSR count). The molecule has 3 aromatic rings. The summed E-state index contributed by atoms with van der Waals surface area (Å²) in [5.41, 5.74) is 10.3. The first-order valence-electron chi connectivity index (χ1n) is 10.5. The summed E-state index contributed by atoms with van der Waals surface area (Å²) < 4.78 is 15.7. The minimum atomic E-state index is -0.364. The van der Waals surface area contributed by atoms with Crippen molar-refractivity contribution in [2.45, 2.75) is 44.8 Å². The third-order valence-electron chi connectivity index (χ3n) is 5.85. The molecule has 2 atom stereocenters. The largest absolute Gasteiger partial charge is 0.422 e. The Balaban J connectivity index is 1.67. The summed E-state index contributed by atoms with van der Waals surface area (Å²) in [7, 11) is 0. The van der Waals surface area contributed by atoms with Crippen molar-refractivity contribution in [2.75, 3.05) is 6.61 Å². The van der Waals surface area contributed by atoms with E-state index in [4.69, 9.17) is 20.3 Å². The summed E-state index contributed by atoms with van der Waals surface area (Å²) >= 11 is 0. The van der Waals surface area contributed by atoms with Crippen molar-refractivity contribution in [1.29, 1.82) is 5.26 Å². The minimum Gasteiger partial charge on any atom is -0.422 e. The quantitative estimate of drug-likeness (QED) is 0.695. The number of nitrogens with two attached hydrogens (primary N) is 1. The SMILES string of the molecule is CC(C)n1nc(C2CCCO2)c2c1OC(N)=C(C#N)C2c1ccc(-n2ccnc2)cc1. The molecule has 2 N–H and O–H groups in total. The number of aromatic nitrogens is 4. The van der Waals surface area contributed by atoms with E-state index in [0.29, 0.717) is 18.1 Å². The Kier molecular flexibility index (Phi) is 4.75. The Labute approximate surface area is 180 Å². The van der Waals surface area contributed by atoms with E-state index < -0.39 is 0 Å². The highest BCUT2D eigenvalue weighted by atomic mass is 16.5. The molecule has 2 unspecified atom stereocenters. The van der Waals surface area contributed by atoms with E-state index in [0.717, 1.165) is 35.3 Å². The molecule has 0 aliphatic carbocycles. The molecule has 2 aliphatic rings. The standard InChI is InChI=1S/C23H24N6O2/c1-14(2)29-23-20(21(27-29)18-4-3-11-30-18)19(17(12-24)22(25)31-23)15-5-7-16(8-6-15)28-10-9-26-13-28/h5-10,13-14,18-19H,3-4,11,25H2,1-2H3. The van der Waals surface area contributed by atoms with Gasteiger partial charge in [0, 0.05) is 24.7 Å². The van der Waals surface area contributed by atoms with Gasteiger partial charge in [-0.2, -0.15) is 10.4 Å². The smallest absolute Gasteiger partial charge is 0.224 e. The number of imidazole rings is 1. The van der Waals surface area contributed by atoms with Crippen LogP contribution in [0.1, 0.15) is 61.6 Å². The van der Waals surface area contributed by atoms with Crippen molar-refractivity contribution in [2.24, 2.45) is 5.73 Å². The maximum atomic E-state index is 9.96. The molecular formula is C23H24N6O2. The van der Waals surface area contributed by atoms with Gasteiger partial charge < -0.3 is 19.8 Å². The fourth-order valence-corrected chi connectivity index (χ4v) is 4.35. The second-order valence-electron chi connectivity index (χ2n) is 8.13. The van der Waals surface area contributed by atoms with Gasteiger partial charge in [0.1, 0.15) is 17.7 Å². The number of fused-ring (bicyclic) bond motifs is 1. The van der Waals surface area contributed by atoms with E-state index in [1.165, 1.54) is 0 Å². The first-order chi connectivity index (χ1) is 15.1. The Morgan fingerprint density at radius 2 is 2.06 bits per heavy atom. The Morgan fingerprint density at radius 1 is 1.26 bits per heavy atom. The van der Waals surface area contributed by atoms with Crippen LogP contribution in [0.4, 0.5) is 0 Å². The summed E-state index contributed by atoms with van der Waals surface area (Å²) in [5.74, 6) is 0.359. The van der Waals surface area contributed by atoms with E-state index >= 15 is 0 Å². The van der Waals surface area contributed by atoms with Gasteiger partial charge in [-0.1, -0.05) is 12.1 Å². The zero-order valence-corrected chi connectivity index (χ0v) is 17.5. The van der Waals surface area contributed by atoms with Gasteiger partial charge in [-0.3, -0.25) is 0 Å². The van der Waals surface area contributed by atoms with Crippen molar-refractivity contribution in [3.05, 3.63) is 71.3 Å². The molecule has 0 bridgehead atoms. The fourth-order valence-electron chi connectivity index (χ4n) is 4.35. The fraction of sp³-hybridized carbons (Fsp3) is 0.348. The van der Waals surface area contributed by atoms with Crippen molar-refractivity contribution < 1.29 is 9.47 Å². The lowest BCUT2D eigenvalue weighted by atomic mass is 9.83. The monoisotopic (exact) mass is 416 g/mol. The average Bonchev–Trinajstić information content (AvgIpc) is 3.53. The van der Waals surface area contributed by atoms with Crippen LogP contribution in [0, 0.1) is 11.3 Å². The molecule has 8 nitrogen and oxygen atoms in total. The predicted octanol–water partition coefficient (Wildman–Crippen LogP) is 3.72. The van der Waals surface area contributed by atoms with Crippen molar-refractivity contribution in [3.63, 3.8) is 0 Å². The van der Waals surface area contributed by atoms with Crippen molar-refractivity contribution in [3.8, 4) is 17.6 Å². The maximum absolute atomic E-state index is 9.96. The van der Waals surface area contributed by atoms with E-state index in [9.17, 15) is 5.26 Å². The lowest BCUT2D eigenvalue weighted by Gasteiger charge is -2.26. The van der Waals surface area contributed by atoms with Gasteiger partial charge in [0.05, 0.1) is 29.5 Å². The molecule has 0 radical (unpaired) electrons. The van der Waals surface area contributed by atoms with Gasteiger partial charge in [-0.15, -0.1) is 0 Å². The number of benzene rings is 1. The number of hydrogen-bond acceptors (Lipinski definition) is 6. The van der Waals surface area contributed by atoms with Crippen molar-refractivity contribution >= 4 is 0 Å². The highest BCUT2D eigenvalue weighted by Crippen LogP contribution is 2.48. The highest BCUT2D eigenvalue weighted by molar-refractivity contribution is 5.57. The van der Waals surface area contributed by atoms with E-state index in [2.05, 4.69) is 11.1 Å². The van der Waals surface area contributed by atoms with E-state index in [1.54, 1.807) is 12.5 Å². The second kappa shape index (κ2) is 7.60. The number of allylic oxidation sites excluding steroid dienone is 1. The molecule has 1 fully saturated rings. The van der Waals surface area contributed by atoms with Crippen LogP contribution < -0.4 is 10.5 Å².